The van der Waals surface area contributed by atoms with Gasteiger partial charge in [-0.3, -0.25) is 0 Å². The van der Waals surface area contributed by atoms with Crippen LogP contribution < -0.4 is 0 Å². The summed E-state index contributed by atoms with van der Waals surface area (Å²) in [4.78, 5) is -0.160. The normalized spacial score (nSPS) is 22.5. The van der Waals surface area contributed by atoms with E-state index in [1.54, 1.807) is 6.92 Å². The first-order valence-electron chi connectivity index (χ1n) is 6.98. The van der Waals surface area contributed by atoms with Crippen LogP contribution in [0.1, 0.15) is 25.3 Å². The van der Waals surface area contributed by atoms with Crippen molar-refractivity contribution in [2.45, 2.75) is 36.9 Å². The number of halogens is 3. The summed E-state index contributed by atoms with van der Waals surface area (Å²) in [6.45, 7) is 2.10. The molecule has 22 heavy (non-hydrogen) atoms. The fourth-order valence-electron chi connectivity index (χ4n) is 2.55. The molecular formula is C14H18F3NO3S. The third kappa shape index (κ3) is 3.61. The molecule has 0 amide bonds. The van der Waals surface area contributed by atoms with Crippen molar-refractivity contribution in [2.24, 2.45) is 5.92 Å². The van der Waals surface area contributed by atoms with Crippen LogP contribution >= 0.6 is 0 Å². The summed E-state index contributed by atoms with van der Waals surface area (Å²) in [6.07, 6.45) is -3.76. The van der Waals surface area contributed by atoms with E-state index in [2.05, 4.69) is 0 Å². The molecule has 8 heteroatoms. The topological polar surface area (TPSA) is 57.6 Å². The van der Waals surface area contributed by atoms with Gasteiger partial charge in [0.2, 0.25) is 10.0 Å². The van der Waals surface area contributed by atoms with Gasteiger partial charge in [0.15, 0.2) is 0 Å². The molecule has 1 aromatic carbocycles. The van der Waals surface area contributed by atoms with E-state index in [4.69, 9.17) is 0 Å². The van der Waals surface area contributed by atoms with Crippen LogP contribution in [0.15, 0.2) is 29.2 Å². The Balaban J connectivity index is 2.23. The second-order valence-electron chi connectivity index (χ2n) is 5.53. The summed E-state index contributed by atoms with van der Waals surface area (Å²) in [5, 5.41) is 9.61. The lowest BCUT2D eigenvalue weighted by Crippen LogP contribution is -2.42. The molecule has 0 aromatic heterocycles. The van der Waals surface area contributed by atoms with E-state index in [0.717, 1.165) is 30.7 Å². The number of nitrogens with zero attached hydrogens (tertiary/aromatic N) is 1. The predicted molar refractivity (Wildman–Crippen MR) is 74.6 cm³/mol. The molecule has 0 saturated carbocycles. The monoisotopic (exact) mass is 337 g/mol. The highest BCUT2D eigenvalue weighted by molar-refractivity contribution is 7.89. The molecule has 2 rings (SSSR count). The number of alkyl halides is 3. The number of aliphatic hydroxyl groups is 1. The molecule has 1 aliphatic heterocycles. The molecule has 1 saturated heterocycles. The Morgan fingerprint density at radius 2 is 1.86 bits per heavy atom. The second kappa shape index (κ2) is 6.17. The molecule has 1 aromatic rings. The molecule has 0 aliphatic carbocycles. The summed E-state index contributed by atoms with van der Waals surface area (Å²) in [7, 11) is -3.84. The minimum absolute atomic E-state index is 0.155. The van der Waals surface area contributed by atoms with Crippen LogP contribution in [0.2, 0.25) is 0 Å². The highest BCUT2D eigenvalue weighted by atomic mass is 32.2. The van der Waals surface area contributed by atoms with Crippen LogP contribution in [0.25, 0.3) is 0 Å². The maximum atomic E-state index is 12.5. The van der Waals surface area contributed by atoms with Crippen molar-refractivity contribution >= 4 is 10.0 Å². The fourth-order valence-corrected chi connectivity index (χ4v) is 4.09. The van der Waals surface area contributed by atoms with E-state index in [1.165, 1.54) is 4.31 Å². The Hall–Kier alpha value is -1.12. The number of hydrogen-bond acceptors (Lipinski definition) is 3. The third-order valence-electron chi connectivity index (χ3n) is 3.92. The van der Waals surface area contributed by atoms with Crippen LogP contribution in [-0.2, 0) is 16.2 Å². The van der Waals surface area contributed by atoms with Crippen molar-refractivity contribution in [1.82, 2.24) is 4.31 Å². The summed E-state index contributed by atoms with van der Waals surface area (Å²) >= 11 is 0. The quantitative estimate of drug-likeness (QED) is 0.922. The minimum atomic E-state index is -4.50. The number of hydrogen-bond donors (Lipinski definition) is 1. The van der Waals surface area contributed by atoms with Crippen LogP contribution in [0, 0.1) is 5.92 Å². The second-order valence-corrected chi connectivity index (χ2v) is 7.47. The zero-order valence-corrected chi connectivity index (χ0v) is 12.9. The zero-order chi connectivity index (χ0) is 16.5. The fraction of sp³-hybridized carbons (Fsp3) is 0.571. The zero-order valence-electron chi connectivity index (χ0n) is 12.0. The summed E-state index contributed by atoms with van der Waals surface area (Å²) < 4.78 is 63.8. The first kappa shape index (κ1) is 17.2. The van der Waals surface area contributed by atoms with E-state index >= 15 is 0 Å². The molecule has 0 bridgehead atoms. The molecule has 1 N–H and O–H groups in total. The van der Waals surface area contributed by atoms with E-state index in [0.29, 0.717) is 13.0 Å². The highest BCUT2D eigenvalue weighted by Crippen LogP contribution is 2.31. The Kier molecular flexibility index (Phi) is 4.84. The Bertz CT molecular complexity index is 611. The van der Waals surface area contributed by atoms with Crippen LogP contribution in [0.3, 0.4) is 0 Å². The number of benzene rings is 1. The molecule has 1 fully saturated rings. The van der Waals surface area contributed by atoms with Crippen LogP contribution in [0.4, 0.5) is 13.2 Å². The summed E-state index contributed by atoms with van der Waals surface area (Å²) in [5.41, 5.74) is -0.882. The number of piperidine rings is 1. The molecule has 0 spiro atoms. The van der Waals surface area contributed by atoms with Crippen molar-refractivity contribution in [3.05, 3.63) is 29.8 Å². The van der Waals surface area contributed by atoms with Gasteiger partial charge in [0, 0.05) is 13.1 Å². The predicted octanol–water partition coefficient (Wildman–Crippen LogP) is 2.49. The average molecular weight is 337 g/mol. The summed E-state index contributed by atoms with van der Waals surface area (Å²) in [5.74, 6) is -0.155. The highest BCUT2D eigenvalue weighted by Gasteiger charge is 2.34. The number of rotatable bonds is 3. The van der Waals surface area contributed by atoms with Crippen molar-refractivity contribution in [2.75, 3.05) is 13.1 Å². The largest absolute Gasteiger partial charge is 0.416 e. The van der Waals surface area contributed by atoms with Crippen molar-refractivity contribution in [3.63, 3.8) is 0 Å². The SMILES string of the molecule is CC(O)C1CCCN(S(=O)(=O)c2ccc(C(F)(F)F)cc2)C1. The van der Waals surface area contributed by atoms with Gasteiger partial charge >= 0.3 is 6.18 Å². The van der Waals surface area contributed by atoms with Crippen molar-refractivity contribution in [3.8, 4) is 0 Å². The van der Waals surface area contributed by atoms with Gasteiger partial charge < -0.3 is 5.11 Å². The molecule has 4 nitrogen and oxygen atoms in total. The first-order valence-corrected chi connectivity index (χ1v) is 8.42. The molecule has 0 radical (unpaired) electrons. The standard InChI is InChI=1S/C14H18F3NO3S/c1-10(19)11-3-2-8-18(9-11)22(20,21)13-6-4-12(5-7-13)14(15,16)17/h4-7,10-11,19H,2-3,8-9H2,1H3. The molecular weight excluding hydrogens is 319 g/mol. The molecule has 1 aliphatic rings. The summed E-state index contributed by atoms with van der Waals surface area (Å²) in [6, 6.07) is 3.49. The van der Waals surface area contributed by atoms with E-state index in [9.17, 15) is 26.7 Å². The van der Waals surface area contributed by atoms with Gasteiger partial charge in [-0.25, -0.2) is 8.42 Å². The van der Waals surface area contributed by atoms with Crippen molar-refractivity contribution < 1.29 is 26.7 Å². The van der Waals surface area contributed by atoms with E-state index < -0.39 is 27.9 Å². The maximum Gasteiger partial charge on any atom is 0.416 e. The number of sulfonamides is 1. The smallest absolute Gasteiger partial charge is 0.393 e. The van der Waals surface area contributed by atoms with Gasteiger partial charge in [0.25, 0.3) is 0 Å². The maximum absolute atomic E-state index is 12.5. The third-order valence-corrected chi connectivity index (χ3v) is 5.80. The number of aliphatic hydroxyl groups excluding tert-OH is 1. The molecule has 124 valence electrons. The first-order chi connectivity index (χ1) is 10.1. The van der Waals surface area contributed by atoms with Crippen molar-refractivity contribution in [1.29, 1.82) is 0 Å². The minimum Gasteiger partial charge on any atom is -0.393 e. The van der Waals surface area contributed by atoms with E-state index in [-0.39, 0.29) is 17.4 Å². The molecule has 2 unspecified atom stereocenters. The van der Waals surface area contributed by atoms with Gasteiger partial charge in [-0.2, -0.15) is 17.5 Å². The van der Waals surface area contributed by atoms with Gasteiger partial charge in [-0.1, -0.05) is 0 Å². The molecule has 1 heterocycles. The average Bonchev–Trinajstić information content (AvgIpc) is 2.46. The van der Waals surface area contributed by atoms with Gasteiger partial charge in [-0.15, -0.1) is 0 Å². The lowest BCUT2D eigenvalue weighted by Gasteiger charge is -2.33. The lowest BCUT2D eigenvalue weighted by molar-refractivity contribution is -0.137. The van der Waals surface area contributed by atoms with Gasteiger partial charge in [0.1, 0.15) is 0 Å². The van der Waals surface area contributed by atoms with Gasteiger partial charge in [0.05, 0.1) is 16.6 Å². The Labute approximate surface area is 127 Å². The van der Waals surface area contributed by atoms with Gasteiger partial charge in [-0.05, 0) is 49.9 Å². The Morgan fingerprint density at radius 3 is 2.36 bits per heavy atom. The van der Waals surface area contributed by atoms with E-state index in [1.807, 2.05) is 0 Å². The van der Waals surface area contributed by atoms with Crippen LogP contribution in [-0.4, -0.2) is 37.0 Å². The Morgan fingerprint density at radius 1 is 1.27 bits per heavy atom. The van der Waals surface area contributed by atoms with Crippen LogP contribution in [0.5, 0.6) is 0 Å². The molecule has 2 atom stereocenters. The lowest BCUT2D eigenvalue weighted by atomic mass is 9.95.